The van der Waals surface area contributed by atoms with Crippen LogP contribution in [0.25, 0.3) is 0 Å². The van der Waals surface area contributed by atoms with Gasteiger partial charge < -0.3 is 10.2 Å². The largest absolute Gasteiger partial charge is 0.493 e. The van der Waals surface area contributed by atoms with Crippen LogP contribution in [0.15, 0.2) is 4.79 Å². The number of hydrogen-bond donors (Lipinski definition) is 3. The summed E-state index contributed by atoms with van der Waals surface area (Å²) in [4.78, 5) is 11.3. The molecule has 1 aromatic heterocycles. The minimum atomic E-state index is -0.378. The number of aromatic nitrogens is 2. The molecule has 0 radical (unpaired) electrons. The van der Waals surface area contributed by atoms with E-state index in [0.29, 0.717) is 0 Å². The second-order valence-electron chi connectivity index (χ2n) is 4.22. The van der Waals surface area contributed by atoms with Crippen LogP contribution in [0.4, 0.5) is 0 Å². The fraction of sp³-hybridized carbons (Fsp3) is 0.667. The zero-order chi connectivity index (χ0) is 10.9. The van der Waals surface area contributed by atoms with Crippen molar-refractivity contribution in [2.75, 3.05) is 6.61 Å². The van der Waals surface area contributed by atoms with Crippen molar-refractivity contribution in [3.8, 4) is 5.88 Å². The molecule has 80 valence electrons. The number of aliphatic hydroxyl groups excluding tert-OH is 1. The molecule has 1 heterocycles. The molecule has 1 rings (SSSR count). The van der Waals surface area contributed by atoms with Gasteiger partial charge in [0.05, 0.1) is 11.1 Å². The summed E-state index contributed by atoms with van der Waals surface area (Å²) in [7, 11) is 0. The highest BCUT2D eigenvalue weighted by molar-refractivity contribution is 5.24. The Kier molecular flexibility index (Phi) is 2.71. The Hall–Kier alpha value is -1.23. The second-order valence-corrected chi connectivity index (χ2v) is 4.22. The molecule has 0 aromatic carbocycles. The molecule has 0 atom stereocenters. The average molecular weight is 200 g/mol. The number of nitrogens with one attached hydrogen (secondary N) is 1. The van der Waals surface area contributed by atoms with Crippen LogP contribution in [0.2, 0.25) is 0 Å². The highest BCUT2D eigenvalue weighted by atomic mass is 16.3. The van der Waals surface area contributed by atoms with Gasteiger partial charge >= 0.3 is 0 Å². The Labute approximate surface area is 82.0 Å². The van der Waals surface area contributed by atoms with E-state index in [9.17, 15) is 9.90 Å². The molecular weight excluding hydrogens is 184 g/mol. The fourth-order valence-corrected chi connectivity index (χ4v) is 1.28. The van der Waals surface area contributed by atoms with Crippen molar-refractivity contribution in [3.63, 3.8) is 0 Å². The average Bonchev–Trinajstić information content (AvgIpc) is 2.31. The predicted molar refractivity (Wildman–Crippen MR) is 52.5 cm³/mol. The van der Waals surface area contributed by atoms with Crippen molar-refractivity contribution >= 4 is 0 Å². The van der Waals surface area contributed by atoms with E-state index in [2.05, 4.69) is 5.10 Å². The number of aromatic amines is 1. The van der Waals surface area contributed by atoms with Crippen LogP contribution < -0.4 is 5.56 Å². The van der Waals surface area contributed by atoms with Crippen LogP contribution in [0, 0.1) is 0 Å². The maximum atomic E-state index is 11.3. The summed E-state index contributed by atoms with van der Waals surface area (Å²) in [6.45, 7) is 5.45. The molecule has 0 aliphatic heterocycles. The first-order chi connectivity index (χ1) is 6.38. The summed E-state index contributed by atoms with van der Waals surface area (Å²) in [5.74, 6) is -0.0865. The van der Waals surface area contributed by atoms with Crippen LogP contribution in [-0.2, 0) is 12.0 Å². The number of nitrogens with zero attached hydrogens (tertiary/aromatic N) is 1. The topological polar surface area (TPSA) is 78.2 Å². The molecule has 0 bridgehead atoms. The van der Waals surface area contributed by atoms with Gasteiger partial charge in [0, 0.05) is 13.0 Å². The number of hydrogen-bond acceptors (Lipinski definition) is 3. The molecule has 0 spiro atoms. The Balaban J connectivity index is 3.24. The number of aliphatic hydroxyl groups is 1. The zero-order valence-corrected chi connectivity index (χ0v) is 8.66. The lowest BCUT2D eigenvalue weighted by Crippen LogP contribution is -2.24. The smallest absolute Gasteiger partial charge is 0.271 e. The number of H-pyrrole nitrogens is 1. The Morgan fingerprint density at radius 3 is 2.36 bits per heavy atom. The molecule has 0 unspecified atom stereocenters. The van der Waals surface area contributed by atoms with Crippen LogP contribution in [-0.4, -0.2) is 26.6 Å². The predicted octanol–water partition coefficient (Wildman–Crippen LogP) is 0.172. The summed E-state index contributed by atoms with van der Waals surface area (Å²) in [5, 5.41) is 20.9. The second kappa shape index (κ2) is 3.49. The molecule has 3 N–H and O–H groups in total. The molecule has 5 nitrogen and oxygen atoms in total. The Morgan fingerprint density at radius 1 is 1.43 bits per heavy atom. The summed E-state index contributed by atoms with van der Waals surface area (Å²) in [6.07, 6.45) is 0.171. The van der Waals surface area contributed by atoms with Gasteiger partial charge in [-0.1, -0.05) is 0 Å². The first-order valence-corrected chi connectivity index (χ1v) is 4.52. The minimum absolute atomic E-state index is 0.0865. The van der Waals surface area contributed by atoms with E-state index in [1.54, 1.807) is 0 Å². The van der Waals surface area contributed by atoms with Crippen molar-refractivity contribution in [1.29, 1.82) is 0 Å². The van der Waals surface area contributed by atoms with Crippen LogP contribution in [0.1, 0.15) is 26.3 Å². The third-order valence-corrected chi connectivity index (χ3v) is 2.00. The van der Waals surface area contributed by atoms with E-state index in [4.69, 9.17) is 5.11 Å². The van der Waals surface area contributed by atoms with Crippen LogP contribution in [0.5, 0.6) is 5.88 Å². The van der Waals surface area contributed by atoms with E-state index in [1.807, 2.05) is 20.8 Å². The SMILES string of the molecule is CC(C)(C)n1[nH]c(=O)c(CCO)c1O. The van der Waals surface area contributed by atoms with Gasteiger partial charge in [0.15, 0.2) is 0 Å². The van der Waals surface area contributed by atoms with Gasteiger partial charge in [0.2, 0.25) is 5.88 Å². The lowest BCUT2D eigenvalue weighted by Gasteiger charge is -2.20. The lowest BCUT2D eigenvalue weighted by atomic mass is 10.1. The van der Waals surface area contributed by atoms with Gasteiger partial charge in [-0.15, -0.1) is 0 Å². The maximum absolute atomic E-state index is 11.3. The van der Waals surface area contributed by atoms with Crippen molar-refractivity contribution in [2.24, 2.45) is 0 Å². The third kappa shape index (κ3) is 1.82. The van der Waals surface area contributed by atoms with Gasteiger partial charge in [0.25, 0.3) is 5.56 Å². The molecule has 0 fully saturated rings. The fourth-order valence-electron chi connectivity index (χ4n) is 1.28. The normalized spacial score (nSPS) is 12.0. The van der Waals surface area contributed by atoms with Crippen molar-refractivity contribution < 1.29 is 10.2 Å². The molecule has 0 saturated carbocycles. The molecule has 1 aromatic rings. The molecule has 0 aliphatic rings. The monoisotopic (exact) mass is 200 g/mol. The highest BCUT2D eigenvalue weighted by Crippen LogP contribution is 2.21. The van der Waals surface area contributed by atoms with E-state index < -0.39 is 0 Å². The first-order valence-electron chi connectivity index (χ1n) is 4.52. The van der Waals surface area contributed by atoms with E-state index in [0.717, 1.165) is 0 Å². The molecule has 5 heteroatoms. The Bertz CT molecular complexity index is 370. The molecule has 0 amide bonds. The van der Waals surface area contributed by atoms with Crippen molar-refractivity contribution in [3.05, 3.63) is 15.9 Å². The van der Waals surface area contributed by atoms with Gasteiger partial charge in [-0.05, 0) is 20.8 Å². The van der Waals surface area contributed by atoms with Crippen molar-refractivity contribution in [2.45, 2.75) is 32.7 Å². The lowest BCUT2D eigenvalue weighted by molar-refractivity contribution is 0.282. The molecule has 14 heavy (non-hydrogen) atoms. The number of rotatable bonds is 2. The van der Waals surface area contributed by atoms with Crippen LogP contribution in [0.3, 0.4) is 0 Å². The van der Waals surface area contributed by atoms with E-state index in [-0.39, 0.29) is 35.6 Å². The Morgan fingerprint density at radius 2 is 2.00 bits per heavy atom. The summed E-state index contributed by atoms with van der Waals surface area (Å²) in [5.41, 5.74) is -0.481. The quantitative estimate of drug-likeness (QED) is 0.637. The summed E-state index contributed by atoms with van der Waals surface area (Å²) >= 11 is 0. The zero-order valence-electron chi connectivity index (χ0n) is 8.66. The maximum Gasteiger partial charge on any atom is 0.271 e. The standard InChI is InChI=1S/C9H16N2O3/c1-9(2,3)11-8(14)6(4-5-12)7(13)10-11/h12,14H,4-5H2,1-3H3,(H,10,13). The van der Waals surface area contributed by atoms with Gasteiger partial charge in [0.1, 0.15) is 0 Å². The summed E-state index contributed by atoms with van der Waals surface area (Å²) in [6, 6.07) is 0. The minimum Gasteiger partial charge on any atom is -0.493 e. The van der Waals surface area contributed by atoms with Gasteiger partial charge in [-0.3, -0.25) is 9.89 Å². The highest BCUT2D eigenvalue weighted by Gasteiger charge is 2.21. The molecule has 0 aliphatic carbocycles. The third-order valence-electron chi connectivity index (χ3n) is 2.00. The van der Waals surface area contributed by atoms with Gasteiger partial charge in [-0.2, -0.15) is 0 Å². The van der Waals surface area contributed by atoms with E-state index >= 15 is 0 Å². The first kappa shape index (κ1) is 10.8. The number of aromatic hydroxyl groups is 1. The molecule has 0 saturated heterocycles. The van der Waals surface area contributed by atoms with Gasteiger partial charge in [-0.25, -0.2) is 4.68 Å². The molecular formula is C9H16N2O3. The van der Waals surface area contributed by atoms with Crippen LogP contribution >= 0.6 is 0 Å². The summed E-state index contributed by atoms with van der Waals surface area (Å²) < 4.78 is 1.40. The van der Waals surface area contributed by atoms with Crippen molar-refractivity contribution in [1.82, 2.24) is 9.78 Å². The van der Waals surface area contributed by atoms with E-state index in [1.165, 1.54) is 4.68 Å².